The number of hydrogen-bond donors (Lipinski definition) is 1. The molecule has 0 bridgehead atoms. The standard InChI is InChI=1S/C10H10ClNO3/c1-6(10(14)15-2)9(13)7-4-3-5-8(11)12-7/h3-5,9,13H,1H2,2H3. The van der Waals surface area contributed by atoms with Crippen LogP contribution in [0.3, 0.4) is 0 Å². The van der Waals surface area contributed by atoms with Gasteiger partial charge in [-0.25, -0.2) is 9.78 Å². The minimum atomic E-state index is -1.20. The number of ether oxygens (including phenoxy) is 1. The zero-order valence-corrected chi connectivity index (χ0v) is 8.86. The van der Waals surface area contributed by atoms with Crippen molar-refractivity contribution in [1.29, 1.82) is 0 Å². The topological polar surface area (TPSA) is 59.4 Å². The molecule has 0 saturated heterocycles. The van der Waals surface area contributed by atoms with Crippen molar-refractivity contribution in [2.45, 2.75) is 6.10 Å². The monoisotopic (exact) mass is 227 g/mol. The van der Waals surface area contributed by atoms with E-state index in [0.29, 0.717) is 0 Å². The Balaban J connectivity index is 2.89. The van der Waals surface area contributed by atoms with Crippen LogP contribution in [-0.2, 0) is 9.53 Å². The average molecular weight is 228 g/mol. The van der Waals surface area contributed by atoms with E-state index in [2.05, 4.69) is 16.3 Å². The molecule has 0 aromatic carbocycles. The number of aromatic nitrogens is 1. The van der Waals surface area contributed by atoms with Crippen LogP contribution < -0.4 is 0 Å². The predicted molar refractivity (Wildman–Crippen MR) is 55.4 cm³/mol. The highest BCUT2D eigenvalue weighted by Gasteiger charge is 2.19. The van der Waals surface area contributed by atoms with Gasteiger partial charge in [-0.1, -0.05) is 24.2 Å². The lowest BCUT2D eigenvalue weighted by Gasteiger charge is -2.11. The van der Waals surface area contributed by atoms with Crippen molar-refractivity contribution < 1.29 is 14.6 Å². The molecule has 4 nitrogen and oxygen atoms in total. The van der Waals surface area contributed by atoms with Crippen molar-refractivity contribution in [3.8, 4) is 0 Å². The van der Waals surface area contributed by atoms with Crippen LogP contribution in [0.25, 0.3) is 0 Å². The number of esters is 1. The molecular formula is C10H10ClNO3. The third-order valence-electron chi connectivity index (χ3n) is 1.79. The number of methoxy groups -OCH3 is 1. The fourth-order valence-corrected chi connectivity index (χ4v) is 1.17. The highest BCUT2D eigenvalue weighted by atomic mass is 35.5. The van der Waals surface area contributed by atoms with Gasteiger partial charge in [-0.3, -0.25) is 0 Å². The number of aliphatic hydroxyl groups is 1. The molecule has 0 saturated carbocycles. The lowest BCUT2D eigenvalue weighted by Crippen LogP contribution is -2.13. The number of carbonyl (C=O) groups excluding carboxylic acids is 1. The first kappa shape index (κ1) is 11.7. The molecule has 1 heterocycles. The molecule has 0 aliphatic carbocycles. The number of pyridine rings is 1. The molecule has 0 aliphatic heterocycles. The van der Waals surface area contributed by atoms with Crippen LogP contribution in [0.2, 0.25) is 5.15 Å². The SMILES string of the molecule is C=C(C(=O)OC)C(O)c1cccc(Cl)n1. The lowest BCUT2D eigenvalue weighted by molar-refractivity contribution is -0.137. The highest BCUT2D eigenvalue weighted by Crippen LogP contribution is 2.20. The largest absolute Gasteiger partial charge is 0.466 e. The second-order valence-electron chi connectivity index (χ2n) is 2.80. The molecular weight excluding hydrogens is 218 g/mol. The van der Waals surface area contributed by atoms with Gasteiger partial charge in [0.25, 0.3) is 0 Å². The van der Waals surface area contributed by atoms with Gasteiger partial charge in [-0.05, 0) is 12.1 Å². The van der Waals surface area contributed by atoms with Gasteiger partial charge in [0.1, 0.15) is 11.3 Å². The van der Waals surface area contributed by atoms with Crippen LogP contribution in [0.1, 0.15) is 11.8 Å². The second kappa shape index (κ2) is 4.91. The van der Waals surface area contributed by atoms with Crippen LogP contribution in [0.4, 0.5) is 0 Å². The molecule has 1 atom stereocenters. The number of hydrogen-bond acceptors (Lipinski definition) is 4. The Morgan fingerprint density at radius 3 is 2.87 bits per heavy atom. The van der Waals surface area contributed by atoms with Crippen LogP contribution in [0.15, 0.2) is 30.4 Å². The van der Waals surface area contributed by atoms with E-state index in [1.54, 1.807) is 18.2 Å². The Morgan fingerprint density at radius 1 is 1.67 bits per heavy atom. The van der Waals surface area contributed by atoms with Crippen LogP contribution >= 0.6 is 11.6 Å². The fraction of sp³-hybridized carbons (Fsp3) is 0.200. The minimum absolute atomic E-state index is 0.0766. The third-order valence-corrected chi connectivity index (χ3v) is 2.00. The quantitative estimate of drug-likeness (QED) is 0.483. The maximum absolute atomic E-state index is 11.1. The molecule has 1 unspecified atom stereocenters. The summed E-state index contributed by atoms with van der Waals surface area (Å²) in [5.41, 5.74) is 0.185. The van der Waals surface area contributed by atoms with Crippen molar-refractivity contribution in [3.05, 3.63) is 41.2 Å². The maximum atomic E-state index is 11.1. The summed E-state index contributed by atoms with van der Waals surface area (Å²) >= 11 is 5.64. The number of carbonyl (C=O) groups is 1. The van der Waals surface area contributed by atoms with Crippen LogP contribution in [-0.4, -0.2) is 23.2 Å². The van der Waals surface area contributed by atoms with E-state index in [4.69, 9.17) is 11.6 Å². The summed E-state index contributed by atoms with van der Waals surface area (Å²) in [6.45, 7) is 3.42. The van der Waals surface area contributed by atoms with Gasteiger partial charge in [0.15, 0.2) is 0 Å². The van der Waals surface area contributed by atoms with Crippen molar-refractivity contribution >= 4 is 17.6 Å². The molecule has 0 spiro atoms. The van der Waals surface area contributed by atoms with E-state index in [1.165, 1.54) is 7.11 Å². The molecule has 0 amide bonds. The van der Waals surface area contributed by atoms with Gasteiger partial charge >= 0.3 is 5.97 Å². The van der Waals surface area contributed by atoms with E-state index in [-0.39, 0.29) is 16.4 Å². The molecule has 1 aromatic rings. The Hall–Kier alpha value is -1.39. The molecule has 1 N–H and O–H groups in total. The van der Waals surface area contributed by atoms with E-state index >= 15 is 0 Å². The summed E-state index contributed by atoms with van der Waals surface area (Å²) in [5, 5.41) is 9.93. The molecule has 1 aromatic heterocycles. The Kier molecular flexibility index (Phi) is 3.82. The molecule has 5 heteroatoms. The summed E-state index contributed by atoms with van der Waals surface area (Å²) in [7, 11) is 1.21. The van der Waals surface area contributed by atoms with Gasteiger partial charge in [-0.2, -0.15) is 0 Å². The van der Waals surface area contributed by atoms with Crippen LogP contribution in [0.5, 0.6) is 0 Å². The summed E-state index contributed by atoms with van der Waals surface area (Å²) in [5.74, 6) is -0.677. The summed E-state index contributed by atoms with van der Waals surface area (Å²) < 4.78 is 4.43. The molecule has 15 heavy (non-hydrogen) atoms. The normalized spacial score (nSPS) is 11.9. The summed E-state index contributed by atoms with van der Waals surface area (Å²) in [4.78, 5) is 14.9. The molecule has 0 radical (unpaired) electrons. The van der Waals surface area contributed by atoms with Crippen LogP contribution in [0, 0.1) is 0 Å². The molecule has 0 fully saturated rings. The first-order valence-electron chi connectivity index (χ1n) is 4.14. The second-order valence-corrected chi connectivity index (χ2v) is 3.19. The van der Waals surface area contributed by atoms with E-state index in [0.717, 1.165) is 0 Å². The first-order valence-corrected chi connectivity index (χ1v) is 4.51. The minimum Gasteiger partial charge on any atom is -0.466 e. The summed E-state index contributed by atoms with van der Waals surface area (Å²) in [6, 6.07) is 4.74. The number of halogens is 1. The zero-order chi connectivity index (χ0) is 11.4. The lowest BCUT2D eigenvalue weighted by atomic mass is 10.1. The Morgan fingerprint density at radius 2 is 2.33 bits per heavy atom. The molecule has 1 rings (SSSR count). The van der Waals surface area contributed by atoms with E-state index in [1.807, 2.05) is 0 Å². The van der Waals surface area contributed by atoms with Gasteiger partial charge in [-0.15, -0.1) is 0 Å². The van der Waals surface area contributed by atoms with Gasteiger partial charge in [0.05, 0.1) is 18.4 Å². The Bertz CT molecular complexity index is 392. The molecule has 0 aliphatic rings. The van der Waals surface area contributed by atoms with Crippen molar-refractivity contribution in [1.82, 2.24) is 4.98 Å². The van der Waals surface area contributed by atoms with E-state index < -0.39 is 12.1 Å². The zero-order valence-electron chi connectivity index (χ0n) is 8.11. The van der Waals surface area contributed by atoms with Gasteiger partial charge in [0.2, 0.25) is 0 Å². The number of aliphatic hydroxyl groups excluding tert-OH is 1. The molecule has 80 valence electrons. The number of rotatable bonds is 3. The Labute approximate surface area is 92.2 Å². The van der Waals surface area contributed by atoms with E-state index in [9.17, 15) is 9.90 Å². The smallest absolute Gasteiger partial charge is 0.336 e. The van der Waals surface area contributed by atoms with Gasteiger partial charge in [0, 0.05) is 0 Å². The predicted octanol–water partition coefficient (Wildman–Crippen LogP) is 1.50. The average Bonchev–Trinajstić information content (AvgIpc) is 2.26. The fourth-order valence-electron chi connectivity index (χ4n) is 0.997. The van der Waals surface area contributed by atoms with Crippen molar-refractivity contribution in [2.75, 3.05) is 7.11 Å². The maximum Gasteiger partial charge on any atom is 0.336 e. The number of nitrogens with zero attached hydrogens (tertiary/aromatic N) is 1. The van der Waals surface area contributed by atoms with Crippen molar-refractivity contribution in [2.24, 2.45) is 0 Å². The van der Waals surface area contributed by atoms with Crippen molar-refractivity contribution in [3.63, 3.8) is 0 Å². The van der Waals surface area contributed by atoms with Gasteiger partial charge < -0.3 is 9.84 Å². The third kappa shape index (κ3) is 2.78. The summed E-state index contributed by atoms with van der Waals surface area (Å²) in [6.07, 6.45) is -1.20. The first-order chi connectivity index (χ1) is 7.06. The highest BCUT2D eigenvalue weighted by molar-refractivity contribution is 6.29.